The normalized spacial score (nSPS) is 13.6. The van der Waals surface area contributed by atoms with Gasteiger partial charge in [-0.1, -0.05) is 0 Å². The van der Waals surface area contributed by atoms with Crippen LogP contribution in [0.4, 0.5) is 0 Å². The summed E-state index contributed by atoms with van der Waals surface area (Å²) in [5.41, 5.74) is 13.6. The van der Waals surface area contributed by atoms with E-state index in [1.807, 2.05) is 0 Å². The summed E-state index contributed by atoms with van der Waals surface area (Å²) in [6, 6.07) is 31.6. The van der Waals surface area contributed by atoms with Crippen molar-refractivity contribution in [3.8, 4) is 11.1 Å². The van der Waals surface area contributed by atoms with Gasteiger partial charge in [0.05, 0.1) is 0 Å². The fourth-order valence-electron chi connectivity index (χ4n) is 6.36. The zero-order valence-electron chi connectivity index (χ0n) is 25.3. The Kier molecular flexibility index (Phi) is 9.37. The van der Waals surface area contributed by atoms with Gasteiger partial charge in [-0.25, -0.2) is 0 Å². The van der Waals surface area contributed by atoms with Crippen LogP contribution in [0.2, 0.25) is 0 Å². The fraction of sp³-hybridized carbons (Fsp3) is 0.231. The van der Waals surface area contributed by atoms with Crippen LogP contribution in [0.1, 0.15) is 81.3 Å². The predicted molar refractivity (Wildman–Crippen MR) is 167 cm³/mol. The summed E-state index contributed by atoms with van der Waals surface area (Å²) in [5.74, 6) is 0. The van der Waals surface area contributed by atoms with E-state index in [1.165, 1.54) is 70.0 Å². The molecule has 0 unspecified atom stereocenters. The average Bonchev–Trinajstić information content (AvgIpc) is 3.55. The van der Waals surface area contributed by atoms with E-state index in [2.05, 4.69) is 165 Å². The van der Waals surface area contributed by atoms with Crippen molar-refractivity contribution in [1.29, 1.82) is 0 Å². The van der Waals surface area contributed by atoms with Crippen molar-refractivity contribution < 1.29 is 45.2 Å². The van der Waals surface area contributed by atoms with Crippen molar-refractivity contribution in [3.05, 3.63) is 147 Å². The number of allylic oxidation sites excluding steroid dienone is 4. The second-order valence-corrected chi connectivity index (χ2v) is 13.9. The Morgan fingerprint density at radius 2 is 1.26 bits per heavy atom. The Morgan fingerprint density at radius 3 is 1.76 bits per heavy atom. The molecule has 42 heavy (non-hydrogen) atoms. The zero-order chi connectivity index (χ0) is 28.2. The van der Waals surface area contributed by atoms with E-state index in [4.69, 9.17) is 0 Å². The molecule has 0 saturated carbocycles. The topological polar surface area (TPSA) is 0 Å². The summed E-state index contributed by atoms with van der Waals surface area (Å²) >= 11 is 2.34. The molecule has 0 N–H and O–H groups in total. The molecular weight excluding hydrogens is 587 g/mol. The number of halogens is 2. The summed E-state index contributed by atoms with van der Waals surface area (Å²) < 4.78 is 1.40. The molecule has 3 heteroatoms. The summed E-state index contributed by atoms with van der Waals surface area (Å²) in [6.07, 6.45) is 7.85. The Bertz CT molecular complexity index is 1770. The SMILES string of the molecule is CC(C)(C)c1ccc2c(c1)[C]([Ti+2])=c1c-2cc(=C(c2ccccc2)c2ccccc2)c(C(C)(C)C)c1C1=CC=CC1.[Cl-].[Cl-]. The molecule has 0 amide bonds. The van der Waals surface area contributed by atoms with E-state index >= 15 is 0 Å². The van der Waals surface area contributed by atoms with Crippen molar-refractivity contribution in [1.82, 2.24) is 0 Å². The molecule has 0 aliphatic heterocycles. The van der Waals surface area contributed by atoms with E-state index < -0.39 is 0 Å². The Hall–Kier alpha value is -2.61. The molecule has 2 aliphatic rings. The van der Waals surface area contributed by atoms with Gasteiger partial charge in [0.25, 0.3) is 0 Å². The molecule has 4 aromatic rings. The molecule has 211 valence electrons. The summed E-state index contributed by atoms with van der Waals surface area (Å²) in [6.45, 7) is 14.1. The number of rotatable bonds is 3. The van der Waals surface area contributed by atoms with Crippen LogP contribution < -0.4 is 35.3 Å². The van der Waals surface area contributed by atoms with Crippen molar-refractivity contribution in [2.75, 3.05) is 0 Å². The van der Waals surface area contributed by atoms with Crippen LogP contribution in [0.3, 0.4) is 0 Å². The third kappa shape index (κ3) is 5.68. The van der Waals surface area contributed by atoms with Crippen LogP contribution in [-0.2, 0) is 31.3 Å². The molecule has 6 rings (SSSR count). The number of fused-ring (bicyclic) bond motifs is 3. The van der Waals surface area contributed by atoms with Crippen LogP contribution in [0.5, 0.6) is 0 Å². The smallest absolute Gasteiger partial charge is 1.00 e. The third-order valence-electron chi connectivity index (χ3n) is 8.26. The molecule has 0 fully saturated rings. The summed E-state index contributed by atoms with van der Waals surface area (Å²) in [5, 5.41) is 2.76. The van der Waals surface area contributed by atoms with Gasteiger partial charge in [-0.3, -0.25) is 0 Å². The maximum atomic E-state index is 2.52. The Morgan fingerprint density at radius 1 is 0.667 bits per heavy atom. The molecule has 2 aliphatic carbocycles. The fourth-order valence-corrected chi connectivity index (χ4v) is 7.09. The van der Waals surface area contributed by atoms with Gasteiger partial charge in [0, 0.05) is 0 Å². The second kappa shape index (κ2) is 12.2. The van der Waals surface area contributed by atoms with Crippen molar-refractivity contribution in [3.63, 3.8) is 0 Å². The molecule has 0 heterocycles. The number of benzene rings is 4. The average molecular weight is 624 g/mol. The molecule has 0 radical (unpaired) electrons. The Labute approximate surface area is 275 Å². The van der Waals surface area contributed by atoms with E-state index in [1.54, 1.807) is 0 Å². The molecule has 0 saturated heterocycles. The van der Waals surface area contributed by atoms with E-state index in [0.29, 0.717) is 0 Å². The van der Waals surface area contributed by atoms with Gasteiger partial charge in [0.15, 0.2) is 0 Å². The number of hydrogen-bond acceptors (Lipinski definition) is 0. The van der Waals surface area contributed by atoms with Gasteiger partial charge in [0.1, 0.15) is 0 Å². The first-order valence-electron chi connectivity index (χ1n) is 14.4. The molecule has 0 spiro atoms. The monoisotopic (exact) mass is 623 g/mol. The van der Waals surface area contributed by atoms with Gasteiger partial charge in [-0.2, -0.15) is 0 Å². The minimum Gasteiger partial charge on any atom is -1.00 e. The summed E-state index contributed by atoms with van der Waals surface area (Å²) in [4.78, 5) is 0. The second-order valence-electron chi connectivity index (χ2n) is 13.2. The minimum atomic E-state index is -0.0659. The van der Waals surface area contributed by atoms with Crippen LogP contribution in [0, 0.1) is 0 Å². The van der Waals surface area contributed by atoms with Crippen LogP contribution >= 0.6 is 0 Å². The Balaban J connectivity index is 0.00000202. The van der Waals surface area contributed by atoms with Crippen molar-refractivity contribution >= 4 is 15.0 Å². The first-order valence-corrected chi connectivity index (χ1v) is 15.1. The molecule has 0 atom stereocenters. The maximum Gasteiger partial charge on any atom is -1.00 e. The third-order valence-corrected chi connectivity index (χ3v) is 9.07. The standard InChI is InChI=1S/C39H37.2ClH.Ti/c1-38(2,3)30-21-22-31-29(23-30)24-33-32(31)25-34(37(39(4,5)6)36(33)28-19-13-14-20-28)35(26-15-9-7-10-16-26)27-17-11-8-12-18-27;;;/h7-19,21-23,25H,20H2,1-6H3;2*1H;/q;;;+2/p-2. The van der Waals surface area contributed by atoms with E-state index in [-0.39, 0.29) is 35.6 Å². The van der Waals surface area contributed by atoms with Crippen LogP contribution in [-0.4, -0.2) is 0 Å². The van der Waals surface area contributed by atoms with Gasteiger partial charge in [0.2, 0.25) is 0 Å². The van der Waals surface area contributed by atoms with E-state index in [9.17, 15) is 0 Å². The molecule has 0 aromatic heterocycles. The van der Waals surface area contributed by atoms with Crippen molar-refractivity contribution in [2.24, 2.45) is 0 Å². The van der Waals surface area contributed by atoms with Gasteiger partial charge in [-0.15, -0.1) is 0 Å². The van der Waals surface area contributed by atoms with Gasteiger partial charge in [-0.05, 0) is 0 Å². The maximum absolute atomic E-state index is 2.52. The summed E-state index contributed by atoms with van der Waals surface area (Å²) in [7, 11) is 0. The number of hydrogen-bond donors (Lipinski definition) is 0. The van der Waals surface area contributed by atoms with Gasteiger partial charge < -0.3 is 24.8 Å². The largest absolute Gasteiger partial charge is 1.00 e. The molecular formula is C39H37Cl2Ti. The quantitative estimate of drug-likeness (QED) is 0.308. The van der Waals surface area contributed by atoms with Crippen LogP contribution in [0.25, 0.3) is 26.2 Å². The molecule has 4 aromatic carbocycles. The molecule has 0 bridgehead atoms. The first kappa shape index (κ1) is 32.3. The predicted octanol–water partition coefficient (Wildman–Crippen LogP) is 2.56. The van der Waals surface area contributed by atoms with E-state index in [0.717, 1.165) is 6.42 Å². The van der Waals surface area contributed by atoms with Crippen molar-refractivity contribution in [2.45, 2.75) is 58.8 Å². The zero-order valence-corrected chi connectivity index (χ0v) is 28.4. The minimum absolute atomic E-state index is 0. The molecule has 0 nitrogen and oxygen atoms in total. The first-order chi connectivity index (χ1) is 19.1. The van der Waals surface area contributed by atoms with Crippen LogP contribution in [0.15, 0.2) is 103 Å². The van der Waals surface area contributed by atoms with Gasteiger partial charge >= 0.3 is 252 Å².